The van der Waals surface area contributed by atoms with Gasteiger partial charge >= 0.3 is 5.97 Å². The highest BCUT2D eigenvalue weighted by Crippen LogP contribution is 2.26. The number of fused-ring (bicyclic) bond motifs is 1. The Morgan fingerprint density at radius 2 is 1.88 bits per heavy atom. The minimum absolute atomic E-state index is 0.0332. The van der Waals surface area contributed by atoms with E-state index in [0.717, 1.165) is 15.5 Å². The van der Waals surface area contributed by atoms with Crippen LogP contribution in [0.15, 0.2) is 78.0 Å². The monoisotopic (exact) mass is 469 g/mol. The van der Waals surface area contributed by atoms with Gasteiger partial charge in [-0.05, 0) is 48.9 Å². The van der Waals surface area contributed by atoms with Gasteiger partial charge in [-0.2, -0.15) is 0 Å². The lowest BCUT2D eigenvalue weighted by Gasteiger charge is -2.20. The Labute approximate surface area is 190 Å². The van der Waals surface area contributed by atoms with E-state index in [1.54, 1.807) is 36.5 Å². The van der Waals surface area contributed by atoms with E-state index in [9.17, 15) is 13.2 Å². The molecule has 0 saturated heterocycles. The number of anilines is 1. The molecule has 2 aromatic heterocycles. The first-order chi connectivity index (χ1) is 15.3. The summed E-state index contributed by atoms with van der Waals surface area (Å²) in [5, 5.41) is 0.0992. The summed E-state index contributed by atoms with van der Waals surface area (Å²) in [6, 6.07) is 16.4. The fraction of sp³-hybridized carbons (Fsp3) is 0.130. The number of hydrogen-bond acceptors (Lipinski definition) is 5. The van der Waals surface area contributed by atoms with Gasteiger partial charge in [0.15, 0.2) is 0 Å². The van der Waals surface area contributed by atoms with Gasteiger partial charge in [-0.1, -0.05) is 35.9 Å². The molecule has 0 aliphatic heterocycles. The summed E-state index contributed by atoms with van der Waals surface area (Å²) in [5.74, 6) is -0.733. The van der Waals surface area contributed by atoms with E-state index in [2.05, 4.69) is 4.98 Å². The molecular formula is C23H20ClN3O4S. The van der Waals surface area contributed by atoms with Crippen LogP contribution in [-0.2, 0) is 21.4 Å². The highest BCUT2D eigenvalue weighted by molar-refractivity contribution is 7.92. The van der Waals surface area contributed by atoms with Crippen molar-refractivity contribution in [1.82, 2.24) is 9.38 Å². The van der Waals surface area contributed by atoms with Crippen LogP contribution in [0.1, 0.15) is 21.6 Å². The summed E-state index contributed by atoms with van der Waals surface area (Å²) < 4.78 is 34.5. The van der Waals surface area contributed by atoms with Crippen molar-refractivity contribution in [2.75, 3.05) is 11.4 Å². The predicted molar refractivity (Wildman–Crippen MR) is 123 cm³/mol. The number of pyridine rings is 1. The van der Waals surface area contributed by atoms with Gasteiger partial charge in [0, 0.05) is 19.4 Å². The second kappa shape index (κ2) is 8.64. The number of hydrogen-bond donors (Lipinski definition) is 0. The molecule has 9 heteroatoms. The molecule has 4 rings (SSSR count). The maximum Gasteiger partial charge on any atom is 0.340 e. The van der Waals surface area contributed by atoms with E-state index >= 15 is 0 Å². The SMILES string of the molecule is Cc1cccn2cc(COC(=O)c3cc(S(=O)(=O)N(C)c4ccccc4)ccc3Cl)nc12. The van der Waals surface area contributed by atoms with Crippen molar-refractivity contribution in [2.45, 2.75) is 18.4 Å². The molecule has 0 saturated carbocycles. The van der Waals surface area contributed by atoms with Crippen molar-refractivity contribution in [2.24, 2.45) is 0 Å². The average molecular weight is 470 g/mol. The van der Waals surface area contributed by atoms with Crippen LogP contribution in [-0.4, -0.2) is 30.8 Å². The number of carbonyl (C=O) groups excluding carboxylic acids is 1. The number of para-hydroxylation sites is 1. The Hall–Kier alpha value is -3.36. The Morgan fingerprint density at radius 3 is 2.59 bits per heavy atom. The molecule has 0 aliphatic rings. The summed E-state index contributed by atoms with van der Waals surface area (Å²) in [5.41, 5.74) is 2.79. The molecule has 0 N–H and O–H groups in total. The summed E-state index contributed by atoms with van der Waals surface area (Å²) in [4.78, 5) is 17.1. The lowest BCUT2D eigenvalue weighted by Crippen LogP contribution is -2.26. The van der Waals surface area contributed by atoms with Crippen LogP contribution in [0.4, 0.5) is 5.69 Å². The maximum absolute atomic E-state index is 13.0. The van der Waals surface area contributed by atoms with Crippen LogP contribution >= 0.6 is 11.6 Å². The van der Waals surface area contributed by atoms with Crippen LogP contribution < -0.4 is 4.31 Å². The first-order valence-electron chi connectivity index (χ1n) is 9.71. The summed E-state index contributed by atoms with van der Waals surface area (Å²) in [6.07, 6.45) is 3.63. The zero-order chi connectivity index (χ0) is 22.9. The molecule has 0 atom stereocenters. The van der Waals surface area contributed by atoms with Crippen molar-refractivity contribution in [3.05, 3.63) is 94.9 Å². The number of benzene rings is 2. The fourth-order valence-electron chi connectivity index (χ4n) is 3.25. The lowest BCUT2D eigenvalue weighted by atomic mass is 10.2. The van der Waals surface area contributed by atoms with Gasteiger partial charge in [0.1, 0.15) is 12.3 Å². The molecule has 0 spiro atoms. The van der Waals surface area contributed by atoms with Gasteiger partial charge < -0.3 is 9.14 Å². The third kappa shape index (κ3) is 4.19. The largest absolute Gasteiger partial charge is 0.455 e. The van der Waals surface area contributed by atoms with E-state index < -0.39 is 16.0 Å². The van der Waals surface area contributed by atoms with Crippen LogP contribution in [0.2, 0.25) is 5.02 Å². The van der Waals surface area contributed by atoms with Gasteiger partial charge in [0.05, 0.1) is 26.9 Å². The Morgan fingerprint density at radius 1 is 1.12 bits per heavy atom. The van der Waals surface area contributed by atoms with Crippen LogP contribution in [0.25, 0.3) is 5.65 Å². The van der Waals surface area contributed by atoms with Crippen LogP contribution in [0, 0.1) is 6.92 Å². The second-order valence-electron chi connectivity index (χ2n) is 7.18. The number of nitrogens with zero attached hydrogens (tertiary/aromatic N) is 3. The van der Waals surface area contributed by atoms with Crippen LogP contribution in [0.3, 0.4) is 0 Å². The Balaban J connectivity index is 1.56. The Kier molecular flexibility index (Phi) is 5.90. The van der Waals surface area contributed by atoms with E-state index in [0.29, 0.717) is 11.4 Å². The number of rotatable bonds is 6. The first kappa shape index (κ1) is 21.9. The summed E-state index contributed by atoms with van der Waals surface area (Å²) in [7, 11) is -2.46. The van der Waals surface area contributed by atoms with E-state index in [1.165, 1.54) is 25.2 Å². The predicted octanol–water partition coefficient (Wildman–Crippen LogP) is 4.48. The number of halogens is 1. The van der Waals surface area contributed by atoms with Gasteiger partial charge in [-0.3, -0.25) is 4.31 Å². The molecule has 32 heavy (non-hydrogen) atoms. The molecule has 2 aromatic carbocycles. The lowest BCUT2D eigenvalue weighted by molar-refractivity contribution is 0.0468. The number of aryl methyl sites for hydroxylation is 1. The molecular weight excluding hydrogens is 450 g/mol. The standard InChI is InChI=1S/C23H20ClN3O4S/c1-16-7-6-12-27-14-17(25-22(16)27)15-31-23(28)20-13-19(10-11-21(20)24)32(29,30)26(2)18-8-4-3-5-9-18/h3-14H,15H2,1-2H3. The smallest absolute Gasteiger partial charge is 0.340 e. The first-order valence-corrected chi connectivity index (χ1v) is 11.5. The molecule has 0 amide bonds. The van der Waals surface area contributed by atoms with Gasteiger partial charge in [0.2, 0.25) is 0 Å². The molecule has 2 heterocycles. The maximum atomic E-state index is 13.0. The second-order valence-corrected chi connectivity index (χ2v) is 9.56. The van der Waals surface area contributed by atoms with E-state index in [-0.39, 0.29) is 22.1 Å². The minimum atomic E-state index is -3.90. The van der Waals surface area contributed by atoms with E-state index in [4.69, 9.17) is 16.3 Å². The number of sulfonamides is 1. The molecule has 0 unspecified atom stereocenters. The molecule has 4 aromatic rings. The summed E-state index contributed by atoms with van der Waals surface area (Å²) in [6.45, 7) is 1.87. The van der Waals surface area contributed by atoms with Crippen molar-refractivity contribution >= 4 is 38.9 Å². The molecule has 0 fully saturated rings. The summed E-state index contributed by atoms with van der Waals surface area (Å²) >= 11 is 6.18. The Bertz CT molecular complexity index is 1400. The van der Waals surface area contributed by atoms with Crippen molar-refractivity contribution < 1.29 is 17.9 Å². The van der Waals surface area contributed by atoms with Gasteiger partial charge in [-0.15, -0.1) is 0 Å². The highest BCUT2D eigenvalue weighted by Gasteiger charge is 2.24. The van der Waals surface area contributed by atoms with E-state index in [1.807, 2.05) is 29.7 Å². The number of carbonyl (C=O) groups is 1. The van der Waals surface area contributed by atoms with Crippen molar-refractivity contribution in [1.29, 1.82) is 0 Å². The topological polar surface area (TPSA) is 81.0 Å². The number of aromatic nitrogens is 2. The highest BCUT2D eigenvalue weighted by atomic mass is 35.5. The molecule has 0 radical (unpaired) electrons. The molecule has 0 aliphatic carbocycles. The van der Waals surface area contributed by atoms with Crippen molar-refractivity contribution in [3.8, 4) is 0 Å². The number of imidazole rings is 1. The van der Waals surface area contributed by atoms with Crippen molar-refractivity contribution in [3.63, 3.8) is 0 Å². The zero-order valence-electron chi connectivity index (χ0n) is 17.4. The normalized spacial score (nSPS) is 11.5. The van der Waals surface area contributed by atoms with Crippen LogP contribution in [0.5, 0.6) is 0 Å². The molecule has 0 bridgehead atoms. The third-order valence-electron chi connectivity index (χ3n) is 5.01. The zero-order valence-corrected chi connectivity index (χ0v) is 19.0. The minimum Gasteiger partial charge on any atom is -0.455 e. The molecule has 7 nitrogen and oxygen atoms in total. The van der Waals surface area contributed by atoms with Gasteiger partial charge in [0.25, 0.3) is 10.0 Å². The molecule has 164 valence electrons. The third-order valence-corrected chi connectivity index (χ3v) is 7.13. The quantitative estimate of drug-likeness (QED) is 0.389. The number of ether oxygens (including phenoxy) is 1. The van der Waals surface area contributed by atoms with Gasteiger partial charge in [-0.25, -0.2) is 18.2 Å². The fourth-order valence-corrected chi connectivity index (χ4v) is 4.66. The number of esters is 1. The average Bonchev–Trinajstić information content (AvgIpc) is 3.22.